The molecule has 0 bridgehead atoms. The topological polar surface area (TPSA) is 82.6 Å². The summed E-state index contributed by atoms with van der Waals surface area (Å²) in [5.41, 5.74) is 0.868. The molecular formula is C18H13NO5. The molecule has 24 heavy (non-hydrogen) atoms. The number of nitrogens with zero attached hydrogens (tertiary/aromatic N) is 1. The number of nitro groups is 1. The van der Waals surface area contributed by atoms with Gasteiger partial charge in [-0.2, -0.15) is 0 Å². The standard InChI is InChI=1S/C18H13NO5/c20-18(12-6-8-13(9-7-12)19(21)22)24-16-3-1-2-15-14(16)10-17(23-15)11-4-5-11/h1-3,6-11H,4-5H2. The van der Waals surface area contributed by atoms with Crippen molar-refractivity contribution in [2.45, 2.75) is 18.8 Å². The van der Waals surface area contributed by atoms with Crippen molar-refractivity contribution in [1.29, 1.82) is 0 Å². The fourth-order valence-corrected chi connectivity index (χ4v) is 2.59. The lowest BCUT2D eigenvalue weighted by molar-refractivity contribution is -0.384. The van der Waals surface area contributed by atoms with Crippen LogP contribution in [0.25, 0.3) is 11.0 Å². The van der Waals surface area contributed by atoms with Crippen LogP contribution in [0.3, 0.4) is 0 Å². The molecule has 4 rings (SSSR count). The monoisotopic (exact) mass is 323 g/mol. The zero-order valence-corrected chi connectivity index (χ0v) is 12.6. The second-order valence-electron chi connectivity index (χ2n) is 5.78. The number of rotatable bonds is 4. The molecule has 0 aliphatic heterocycles. The van der Waals surface area contributed by atoms with E-state index in [1.54, 1.807) is 12.1 Å². The van der Waals surface area contributed by atoms with Crippen LogP contribution in [-0.4, -0.2) is 10.9 Å². The van der Waals surface area contributed by atoms with Crippen molar-refractivity contribution in [2.24, 2.45) is 0 Å². The van der Waals surface area contributed by atoms with Gasteiger partial charge in [0.05, 0.1) is 15.9 Å². The van der Waals surface area contributed by atoms with Gasteiger partial charge in [0.25, 0.3) is 5.69 Å². The summed E-state index contributed by atoms with van der Waals surface area (Å²) < 4.78 is 11.3. The van der Waals surface area contributed by atoms with Gasteiger partial charge in [-0.3, -0.25) is 10.1 Å². The Hall–Kier alpha value is -3.15. The molecule has 0 radical (unpaired) electrons. The van der Waals surface area contributed by atoms with Gasteiger partial charge in [0.1, 0.15) is 17.1 Å². The number of esters is 1. The smallest absolute Gasteiger partial charge is 0.343 e. The van der Waals surface area contributed by atoms with Crippen LogP contribution in [0, 0.1) is 10.1 Å². The number of non-ortho nitro benzene ring substituents is 1. The van der Waals surface area contributed by atoms with Crippen molar-refractivity contribution in [2.75, 3.05) is 0 Å². The van der Waals surface area contributed by atoms with Crippen LogP contribution in [0.1, 0.15) is 34.9 Å². The first-order valence-corrected chi connectivity index (χ1v) is 7.61. The molecule has 0 amide bonds. The van der Waals surface area contributed by atoms with Crippen LogP contribution in [-0.2, 0) is 0 Å². The number of nitro benzene ring substituents is 1. The van der Waals surface area contributed by atoms with Crippen molar-refractivity contribution in [3.05, 3.63) is 70.0 Å². The van der Waals surface area contributed by atoms with E-state index in [4.69, 9.17) is 9.15 Å². The number of hydrogen-bond acceptors (Lipinski definition) is 5. The highest BCUT2D eigenvalue weighted by Gasteiger charge is 2.28. The third-order valence-corrected chi connectivity index (χ3v) is 4.04. The molecule has 1 aliphatic carbocycles. The largest absolute Gasteiger partial charge is 0.461 e. The van der Waals surface area contributed by atoms with E-state index in [1.165, 1.54) is 24.3 Å². The highest BCUT2D eigenvalue weighted by atomic mass is 16.6. The average molecular weight is 323 g/mol. The van der Waals surface area contributed by atoms with E-state index in [2.05, 4.69) is 0 Å². The van der Waals surface area contributed by atoms with Gasteiger partial charge in [-0.1, -0.05) is 6.07 Å². The Morgan fingerprint density at radius 1 is 1.17 bits per heavy atom. The molecule has 0 N–H and O–H groups in total. The molecule has 6 heteroatoms. The van der Waals surface area contributed by atoms with Crippen LogP contribution in [0.2, 0.25) is 0 Å². The zero-order valence-electron chi connectivity index (χ0n) is 12.6. The summed E-state index contributed by atoms with van der Waals surface area (Å²) >= 11 is 0. The zero-order chi connectivity index (χ0) is 16.7. The minimum Gasteiger partial charge on any atom is -0.461 e. The van der Waals surface area contributed by atoms with E-state index in [0.29, 0.717) is 17.3 Å². The molecule has 0 spiro atoms. The van der Waals surface area contributed by atoms with Crippen molar-refractivity contribution in [1.82, 2.24) is 0 Å². The van der Waals surface area contributed by atoms with Crippen LogP contribution >= 0.6 is 0 Å². The maximum absolute atomic E-state index is 12.3. The predicted octanol–water partition coefficient (Wildman–Crippen LogP) is 4.44. The Bertz CT molecular complexity index is 938. The fraction of sp³-hybridized carbons (Fsp3) is 0.167. The summed E-state index contributed by atoms with van der Waals surface area (Å²) in [6, 6.07) is 12.5. The molecule has 2 aromatic carbocycles. The van der Waals surface area contributed by atoms with Gasteiger partial charge < -0.3 is 9.15 Å². The van der Waals surface area contributed by atoms with E-state index in [9.17, 15) is 14.9 Å². The molecule has 1 heterocycles. The Morgan fingerprint density at radius 2 is 1.92 bits per heavy atom. The Morgan fingerprint density at radius 3 is 2.58 bits per heavy atom. The molecule has 3 aromatic rings. The van der Waals surface area contributed by atoms with E-state index >= 15 is 0 Å². The molecule has 0 atom stereocenters. The Labute approximate surface area is 136 Å². The van der Waals surface area contributed by atoms with Crippen molar-refractivity contribution < 1.29 is 18.9 Å². The van der Waals surface area contributed by atoms with Crippen LogP contribution < -0.4 is 4.74 Å². The predicted molar refractivity (Wildman–Crippen MR) is 86.2 cm³/mol. The summed E-state index contributed by atoms with van der Waals surface area (Å²) in [6.07, 6.45) is 2.25. The summed E-state index contributed by atoms with van der Waals surface area (Å²) in [5.74, 6) is 1.25. The summed E-state index contributed by atoms with van der Waals surface area (Å²) in [6.45, 7) is 0. The molecule has 1 fully saturated rings. The van der Waals surface area contributed by atoms with Crippen molar-refractivity contribution in [3.63, 3.8) is 0 Å². The molecule has 1 saturated carbocycles. The number of furan rings is 1. The SMILES string of the molecule is O=C(Oc1cccc2oc(C3CC3)cc12)c1ccc([N+](=O)[O-])cc1. The summed E-state index contributed by atoms with van der Waals surface area (Å²) in [7, 11) is 0. The number of hydrogen-bond donors (Lipinski definition) is 0. The quantitative estimate of drug-likeness (QED) is 0.307. The fourth-order valence-electron chi connectivity index (χ4n) is 2.59. The van der Waals surface area contributed by atoms with Gasteiger partial charge in [0.2, 0.25) is 0 Å². The average Bonchev–Trinajstić information content (AvgIpc) is 3.34. The third-order valence-electron chi connectivity index (χ3n) is 4.04. The summed E-state index contributed by atoms with van der Waals surface area (Å²) in [5, 5.41) is 11.4. The normalized spacial score (nSPS) is 13.8. The van der Waals surface area contributed by atoms with Gasteiger partial charge >= 0.3 is 5.97 Å². The maximum atomic E-state index is 12.3. The number of carbonyl (C=O) groups is 1. The third kappa shape index (κ3) is 2.62. The molecule has 1 aliphatic rings. The number of benzene rings is 2. The van der Waals surface area contributed by atoms with E-state index in [0.717, 1.165) is 24.0 Å². The van der Waals surface area contributed by atoms with Gasteiger partial charge in [-0.25, -0.2) is 4.79 Å². The first kappa shape index (κ1) is 14.4. The molecule has 0 unspecified atom stereocenters. The highest BCUT2D eigenvalue weighted by molar-refractivity contribution is 5.94. The van der Waals surface area contributed by atoms with Crippen molar-refractivity contribution >= 4 is 22.6 Å². The summed E-state index contributed by atoms with van der Waals surface area (Å²) in [4.78, 5) is 22.4. The number of ether oxygens (including phenoxy) is 1. The first-order valence-electron chi connectivity index (χ1n) is 7.61. The molecule has 0 saturated heterocycles. The number of fused-ring (bicyclic) bond motifs is 1. The van der Waals surface area contributed by atoms with Gasteiger partial charge in [0.15, 0.2) is 0 Å². The van der Waals surface area contributed by atoms with E-state index in [1.807, 2.05) is 12.1 Å². The lowest BCUT2D eigenvalue weighted by Gasteiger charge is -2.05. The highest BCUT2D eigenvalue weighted by Crippen LogP contribution is 2.43. The first-order chi connectivity index (χ1) is 11.6. The maximum Gasteiger partial charge on any atom is 0.343 e. The Balaban J connectivity index is 1.61. The second kappa shape index (κ2) is 5.49. The van der Waals surface area contributed by atoms with E-state index in [-0.39, 0.29) is 11.3 Å². The Kier molecular flexibility index (Phi) is 3.30. The van der Waals surface area contributed by atoms with Gasteiger partial charge in [0, 0.05) is 18.1 Å². The second-order valence-corrected chi connectivity index (χ2v) is 5.78. The molecular weight excluding hydrogens is 310 g/mol. The van der Waals surface area contributed by atoms with Gasteiger partial charge in [-0.15, -0.1) is 0 Å². The lowest BCUT2D eigenvalue weighted by Crippen LogP contribution is -2.08. The van der Waals surface area contributed by atoms with Gasteiger partial charge in [-0.05, 0) is 43.2 Å². The van der Waals surface area contributed by atoms with E-state index < -0.39 is 10.9 Å². The minimum absolute atomic E-state index is 0.0717. The van der Waals surface area contributed by atoms with Crippen molar-refractivity contribution in [3.8, 4) is 5.75 Å². The lowest BCUT2D eigenvalue weighted by atomic mass is 10.2. The minimum atomic E-state index is -0.563. The molecule has 120 valence electrons. The van der Waals surface area contributed by atoms with Crippen LogP contribution in [0.15, 0.2) is 52.9 Å². The number of carbonyl (C=O) groups excluding carboxylic acids is 1. The molecule has 6 nitrogen and oxygen atoms in total. The van der Waals surface area contributed by atoms with Crippen LogP contribution in [0.5, 0.6) is 5.75 Å². The van der Waals surface area contributed by atoms with Crippen LogP contribution in [0.4, 0.5) is 5.69 Å². The molecule has 1 aromatic heterocycles.